The third-order valence-electron chi connectivity index (χ3n) is 6.59. The number of rotatable bonds is 4. The zero-order chi connectivity index (χ0) is 16.2. The van der Waals surface area contributed by atoms with Crippen LogP contribution in [0, 0.1) is 5.92 Å². The quantitative estimate of drug-likeness (QED) is 0.840. The molecular formula is C20H27NO2. The Hall–Kier alpha value is -1.32. The Balaban J connectivity index is 1.81. The van der Waals surface area contributed by atoms with Crippen LogP contribution in [0.1, 0.15) is 43.7 Å². The molecule has 0 radical (unpaired) electrons. The van der Waals surface area contributed by atoms with E-state index in [1.807, 2.05) is 25.1 Å². The second-order valence-corrected chi connectivity index (χ2v) is 7.97. The molecular weight excluding hydrogens is 286 g/mol. The molecule has 2 bridgehead atoms. The van der Waals surface area contributed by atoms with E-state index < -0.39 is 5.60 Å². The molecule has 3 atom stereocenters. The van der Waals surface area contributed by atoms with Gasteiger partial charge in [-0.05, 0) is 74.8 Å². The molecule has 0 amide bonds. The van der Waals surface area contributed by atoms with Gasteiger partial charge in [0.1, 0.15) is 5.75 Å². The number of benzene rings is 1. The number of piperidine rings is 1. The maximum absolute atomic E-state index is 11.6. The number of phenolic OH excluding ortho intramolecular Hbond substituents is 1. The summed E-state index contributed by atoms with van der Waals surface area (Å²) in [4.78, 5) is 2.52. The van der Waals surface area contributed by atoms with E-state index in [1.54, 1.807) is 6.07 Å². The molecule has 3 nitrogen and oxygen atoms in total. The van der Waals surface area contributed by atoms with Crippen molar-refractivity contribution in [2.75, 3.05) is 13.1 Å². The molecule has 2 aliphatic carbocycles. The molecule has 2 N–H and O–H groups in total. The Labute approximate surface area is 138 Å². The molecule has 1 saturated heterocycles. The normalized spacial score (nSPS) is 36.5. The van der Waals surface area contributed by atoms with Crippen molar-refractivity contribution in [1.82, 2.24) is 4.90 Å². The smallest absolute Gasteiger partial charge is 0.115 e. The van der Waals surface area contributed by atoms with Crippen molar-refractivity contribution < 1.29 is 10.2 Å². The van der Waals surface area contributed by atoms with Crippen molar-refractivity contribution in [2.24, 2.45) is 5.92 Å². The number of nitrogens with zero attached hydrogens (tertiary/aromatic N) is 1. The monoisotopic (exact) mass is 313 g/mol. The summed E-state index contributed by atoms with van der Waals surface area (Å²) in [5.41, 5.74) is 1.28. The number of allylic oxidation sites excluding steroid dienone is 1. The first-order valence-electron chi connectivity index (χ1n) is 8.87. The van der Waals surface area contributed by atoms with Gasteiger partial charge in [0, 0.05) is 18.0 Å². The van der Waals surface area contributed by atoms with Gasteiger partial charge in [-0.15, -0.1) is 6.58 Å². The van der Waals surface area contributed by atoms with Crippen molar-refractivity contribution in [1.29, 1.82) is 0 Å². The number of fused-ring (bicyclic) bond motifs is 4. The molecule has 1 saturated carbocycles. The molecule has 1 aliphatic heterocycles. The molecule has 1 heterocycles. The first-order valence-corrected chi connectivity index (χ1v) is 8.87. The number of hydrogen-bond donors (Lipinski definition) is 2. The summed E-state index contributed by atoms with van der Waals surface area (Å²) in [6, 6.07) is 5.86. The predicted molar refractivity (Wildman–Crippen MR) is 91.6 cm³/mol. The maximum atomic E-state index is 11.6. The first kappa shape index (κ1) is 15.2. The van der Waals surface area contributed by atoms with Gasteiger partial charge in [-0.3, -0.25) is 4.90 Å². The van der Waals surface area contributed by atoms with Crippen LogP contribution in [0.15, 0.2) is 30.9 Å². The molecule has 23 heavy (non-hydrogen) atoms. The summed E-state index contributed by atoms with van der Waals surface area (Å²) >= 11 is 0. The topological polar surface area (TPSA) is 43.7 Å². The fraction of sp³-hybridized carbons (Fsp3) is 0.600. The van der Waals surface area contributed by atoms with Gasteiger partial charge in [-0.25, -0.2) is 0 Å². The van der Waals surface area contributed by atoms with Crippen LogP contribution in [0.25, 0.3) is 0 Å². The SMILES string of the molecule is C=CC[C@]12CCN(CC3CC3)[C@H](Cc3ccc(O)cc31)[C@]2(C)O. The van der Waals surface area contributed by atoms with E-state index in [1.165, 1.54) is 18.4 Å². The van der Waals surface area contributed by atoms with E-state index in [-0.39, 0.29) is 11.5 Å². The Morgan fingerprint density at radius 1 is 1.39 bits per heavy atom. The van der Waals surface area contributed by atoms with Gasteiger partial charge in [-0.1, -0.05) is 12.1 Å². The largest absolute Gasteiger partial charge is 0.508 e. The van der Waals surface area contributed by atoms with Crippen LogP contribution in [0.5, 0.6) is 5.75 Å². The van der Waals surface area contributed by atoms with E-state index in [2.05, 4.69) is 11.5 Å². The van der Waals surface area contributed by atoms with Crippen LogP contribution in [-0.4, -0.2) is 39.8 Å². The Bertz CT molecular complexity index is 635. The zero-order valence-electron chi connectivity index (χ0n) is 14.0. The highest BCUT2D eigenvalue weighted by Gasteiger charge is 2.59. The number of phenols is 1. The van der Waals surface area contributed by atoms with Crippen LogP contribution in [0.2, 0.25) is 0 Å². The summed E-state index contributed by atoms with van der Waals surface area (Å²) < 4.78 is 0. The van der Waals surface area contributed by atoms with Crippen LogP contribution in [0.4, 0.5) is 0 Å². The minimum absolute atomic E-state index is 0.161. The Kier molecular flexibility index (Phi) is 3.37. The summed E-state index contributed by atoms with van der Waals surface area (Å²) in [5, 5.41) is 21.6. The molecule has 124 valence electrons. The Morgan fingerprint density at radius 2 is 2.17 bits per heavy atom. The van der Waals surface area contributed by atoms with Crippen molar-refractivity contribution in [3.05, 3.63) is 42.0 Å². The molecule has 3 aliphatic rings. The van der Waals surface area contributed by atoms with Crippen LogP contribution in [-0.2, 0) is 11.8 Å². The highest BCUT2D eigenvalue weighted by molar-refractivity contribution is 5.47. The number of likely N-dealkylation sites (tertiary alicyclic amines) is 1. The van der Waals surface area contributed by atoms with Crippen molar-refractivity contribution >= 4 is 0 Å². The van der Waals surface area contributed by atoms with Gasteiger partial charge in [0.15, 0.2) is 0 Å². The minimum atomic E-state index is -0.797. The second kappa shape index (κ2) is 5.09. The van der Waals surface area contributed by atoms with Crippen LogP contribution < -0.4 is 0 Å². The fourth-order valence-corrected chi connectivity index (χ4v) is 5.06. The van der Waals surface area contributed by atoms with Gasteiger partial charge in [-0.2, -0.15) is 0 Å². The van der Waals surface area contributed by atoms with Crippen molar-refractivity contribution in [2.45, 2.75) is 56.1 Å². The first-order chi connectivity index (χ1) is 11.0. The van der Waals surface area contributed by atoms with Crippen molar-refractivity contribution in [3.63, 3.8) is 0 Å². The molecule has 2 fully saturated rings. The lowest BCUT2D eigenvalue weighted by Crippen LogP contribution is -2.70. The number of hydrogen-bond acceptors (Lipinski definition) is 3. The standard InChI is InChI=1S/C20H27NO2/c1-3-8-20-9-10-21(13-14-4-5-14)18(19(20,2)23)11-15-6-7-16(22)12-17(15)20/h3,6-7,12,14,18,22-23H,1,4-5,8-11,13H2,2H3/t18-,19+,20+/m1/s1. The van der Waals surface area contributed by atoms with E-state index in [0.717, 1.165) is 43.8 Å². The van der Waals surface area contributed by atoms with Gasteiger partial charge in [0.2, 0.25) is 0 Å². The van der Waals surface area contributed by atoms with Gasteiger partial charge in [0.25, 0.3) is 0 Å². The van der Waals surface area contributed by atoms with Crippen LogP contribution >= 0.6 is 0 Å². The molecule has 4 rings (SSSR count). The number of aromatic hydroxyl groups is 1. The lowest BCUT2D eigenvalue weighted by Gasteiger charge is -2.60. The molecule has 1 aromatic rings. The highest BCUT2D eigenvalue weighted by Crippen LogP contribution is 2.54. The van der Waals surface area contributed by atoms with Crippen LogP contribution in [0.3, 0.4) is 0 Å². The van der Waals surface area contributed by atoms with Gasteiger partial charge in [0.05, 0.1) is 5.60 Å². The lowest BCUT2D eigenvalue weighted by atomic mass is 9.54. The highest BCUT2D eigenvalue weighted by atomic mass is 16.3. The third-order valence-corrected chi connectivity index (χ3v) is 6.59. The summed E-state index contributed by atoms with van der Waals surface area (Å²) in [7, 11) is 0. The third kappa shape index (κ3) is 2.17. The summed E-state index contributed by atoms with van der Waals surface area (Å²) in [5.74, 6) is 1.13. The zero-order valence-corrected chi connectivity index (χ0v) is 14.0. The summed E-state index contributed by atoms with van der Waals surface area (Å²) in [6.07, 6.45) is 7.16. The van der Waals surface area contributed by atoms with Crippen molar-refractivity contribution in [3.8, 4) is 5.75 Å². The van der Waals surface area contributed by atoms with E-state index in [9.17, 15) is 10.2 Å². The van der Waals surface area contributed by atoms with E-state index in [4.69, 9.17) is 0 Å². The summed E-state index contributed by atoms with van der Waals surface area (Å²) in [6.45, 7) is 8.11. The average molecular weight is 313 g/mol. The fourth-order valence-electron chi connectivity index (χ4n) is 5.06. The van der Waals surface area contributed by atoms with Gasteiger partial charge >= 0.3 is 0 Å². The number of aliphatic hydroxyl groups is 1. The predicted octanol–water partition coefficient (Wildman–Crippen LogP) is 3.00. The molecule has 0 aromatic heterocycles. The minimum Gasteiger partial charge on any atom is -0.508 e. The molecule has 0 spiro atoms. The second-order valence-electron chi connectivity index (χ2n) is 7.97. The Morgan fingerprint density at radius 3 is 2.87 bits per heavy atom. The van der Waals surface area contributed by atoms with E-state index in [0.29, 0.717) is 5.75 Å². The lowest BCUT2D eigenvalue weighted by molar-refractivity contribution is -0.134. The molecule has 1 aromatic carbocycles. The average Bonchev–Trinajstić information content (AvgIpc) is 3.30. The van der Waals surface area contributed by atoms with Gasteiger partial charge < -0.3 is 10.2 Å². The molecule has 0 unspecified atom stereocenters. The maximum Gasteiger partial charge on any atom is 0.115 e. The van der Waals surface area contributed by atoms with E-state index >= 15 is 0 Å². The molecule has 3 heteroatoms.